The van der Waals surface area contributed by atoms with Gasteiger partial charge in [-0.1, -0.05) is 6.07 Å². The summed E-state index contributed by atoms with van der Waals surface area (Å²) in [6.45, 7) is 2.25. The van der Waals surface area contributed by atoms with Crippen molar-refractivity contribution in [3.05, 3.63) is 100 Å². The molecular weight excluding hydrogens is 636 g/mol. The molecule has 0 saturated carbocycles. The molecule has 14 heteroatoms. The smallest absolute Gasteiger partial charge is 0.342 e. The van der Waals surface area contributed by atoms with Crippen LogP contribution in [0.25, 0.3) is 22.0 Å². The molecule has 0 unspecified atom stereocenters. The van der Waals surface area contributed by atoms with Crippen molar-refractivity contribution in [3.63, 3.8) is 0 Å². The summed E-state index contributed by atoms with van der Waals surface area (Å²) >= 11 is 0. The normalized spacial score (nSPS) is 12.9. The summed E-state index contributed by atoms with van der Waals surface area (Å²) in [6.07, 6.45) is 5.47. The highest BCUT2D eigenvalue weighted by Crippen LogP contribution is 2.41. The predicted molar refractivity (Wildman–Crippen MR) is 162 cm³/mol. The van der Waals surface area contributed by atoms with Gasteiger partial charge in [0.1, 0.15) is 31.0 Å². The maximum Gasteiger partial charge on any atom is 0.342 e. The number of pyridine rings is 1. The molecule has 4 heterocycles. The molecule has 3 aromatic carbocycles. The monoisotopic (exact) mass is 665 g/mol. The van der Waals surface area contributed by atoms with E-state index in [4.69, 9.17) is 18.9 Å². The standard InChI is InChI=1S/C33H30F2N5O6.ClH/c1-43-29-5-3-21-12-28-25-15-31-30(45-20-46-31)13-22(25)6-7-38(28)18-26(21)33(29)44-11-10-37(17-23-2-4-24(34)14-27(23)35)8-9-39-19-36-16-32(39)40(41)42;/h2-5,12-16,18-19H,6-11,17,20H2,1H3;1H/q+1;/p-1. The molecule has 2 aliphatic rings. The lowest BCUT2D eigenvalue weighted by atomic mass is 9.95. The van der Waals surface area contributed by atoms with E-state index in [9.17, 15) is 18.9 Å². The fraction of sp³-hybridized carbons (Fsp3) is 0.273. The molecule has 0 fully saturated rings. The Morgan fingerprint density at radius 2 is 1.94 bits per heavy atom. The van der Waals surface area contributed by atoms with Crippen LogP contribution in [-0.2, 0) is 26.1 Å². The Kier molecular flexibility index (Phi) is 9.10. The predicted octanol–water partition coefficient (Wildman–Crippen LogP) is 2.06. The third-order valence-electron chi connectivity index (χ3n) is 8.39. The summed E-state index contributed by atoms with van der Waals surface area (Å²) in [5.41, 5.74) is 3.66. The van der Waals surface area contributed by atoms with Gasteiger partial charge in [-0.05, 0) is 46.2 Å². The molecule has 0 bridgehead atoms. The Hall–Kier alpha value is -5.01. The first-order chi connectivity index (χ1) is 22.4. The van der Waals surface area contributed by atoms with Crippen LogP contribution >= 0.6 is 0 Å². The minimum absolute atomic E-state index is 0. The lowest BCUT2D eigenvalue weighted by Gasteiger charge is -2.23. The van der Waals surface area contributed by atoms with Gasteiger partial charge < -0.3 is 41.5 Å². The lowest BCUT2D eigenvalue weighted by molar-refractivity contribution is -0.686. The van der Waals surface area contributed by atoms with E-state index in [-0.39, 0.29) is 44.7 Å². The lowest BCUT2D eigenvalue weighted by Crippen LogP contribution is -3.00. The van der Waals surface area contributed by atoms with Gasteiger partial charge in [-0.2, -0.15) is 4.57 Å². The molecule has 47 heavy (non-hydrogen) atoms. The Morgan fingerprint density at radius 3 is 2.72 bits per heavy atom. The number of methoxy groups -OCH3 is 1. The van der Waals surface area contributed by atoms with E-state index in [0.717, 1.165) is 52.6 Å². The molecular formula is C33H30ClF2N5O6. The van der Waals surface area contributed by atoms with Crippen LogP contribution in [0.2, 0.25) is 0 Å². The zero-order valence-electron chi connectivity index (χ0n) is 25.3. The number of hydrogen-bond acceptors (Lipinski definition) is 8. The summed E-state index contributed by atoms with van der Waals surface area (Å²) in [5, 5.41) is 13.2. The van der Waals surface area contributed by atoms with Crippen LogP contribution in [-0.4, -0.2) is 53.0 Å². The van der Waals surface area contributed by atoms with Crippen molar-refractivity contribution >= 4 is 16.6 Å². The van der Waals surface area contributed by atoms with Crippen LogP contribution in [0.5, 0.6) is 23.0 Å². The molecule has 0 atom stereocenters. The number of fused-ring (bicyclic) bond motifs is 5. The minimum atomic E-state index is -0.664. The number of aromatic nitrogens is 3. The molecule has 0 amide bonds. The van der Waals surface area contributed by atoms with E-state index in [0.29, 0.717) is 30.2 Å². The Balaban J connectivity index is 0.00000386. The SMILES string of the molecule is COc1ccc2cc3[n+](cc2c1OCCN(CCn1cncc1[N+](=O)[O-])Cc1ccc(F)cc1F)CCc1cc2c(cc1-3)OCO2.[Cl-]. The summed E-state index contributed by atoms with van der Waals surface area (Å²) < 4.78 is 55.1. The number of nitrogens with zero attached hydrogens (tertiary/aromatic N) is 5. The second-order valence-corrected chi connectivity index (χ2v) is 11.1. The van der Waals surface area contributed by atoms with Crippen LogP contribution in [0, 0.1) is 21.7 Å². The van der Waals surface area contributed by atoms with E-state index >= 15 is 0 Å². The number of hydrogen-bond donors (Lipinski definition) is 0. The molecule has 2 aliphatic heterocycles. The van der Waals surface area contributed by atoms with Crippen LogP contribution < -0.4 is 35.9 Å². The highest BCUT2D eigenvalue weighted by atomic mass is 35.5. The third-order valence-corrected chi connectivity index (χ3v) is 8.39. The van der Waals surface area contributed by atoms with Crippen molar-refractivity contribution < 1.29 is 49.6 Å². The van der Waals surface area contributed by atoms with E-state index in [1.165, 1.54) is 34.8 Å². The summed E-state index contributed by atoms with van der Waals surface area (Å²) in [4.78, 5) is 16.7. The molecule has 2 aromatic heterocycles. The molecule has 5 aromatic rings. The number of halogens is 3. The van der Waals surface area contributed by atoms with Crippen LogP contribution in [0.4, 0.5) is 14.6 Å². The van der Waals surface area contributed by atoms with E-state index in [2.05, 4.69) is 27.9 Å². The van der Waals surface area contributed by atoms with Gasteiger partial charge in [0, 0.05) is 43.8 Å². The quantitative estimate of drug-likeness (QED) is 0.120. The molecule has 0 N–H and O–H groups in total. The van der Waals surface area contributed by atoms with Gasteiger partial charge in [-0.3, -0.25) is 4.90 Å². The molecule has 0 saturated heterocycles. The van der Waals surface area contributed by atoms with Crippen LogP contribution in [0.3, 0.4) is 0 Å². The number of aryl methyl sites for hydroxylation is 2. The number of ether oxygens (including phenoxy) is 4. The maximum atomic E-state index is 14.6. The average Bonchev–Trinajstić information content (AvgIpc) is 3.72. The van der Waals surface area contributed by atoms with Gasteiger partial charge in [0.05, 0.1) is 18.1 Å². The van der Waals surface area contributed by atoms with E-state index in [1.54, 1.807) is 7.11 Å². The molecule has 0 radical (unpaired) electrons. The molecule has 7 rings (SSSR count). The summed E-state index contributed by atoms with van der Waals surface area (Å²) in [7, 11) is 1.58. The number of imidazole rings is 1. The average molecular weight is 666 g/mol. The van der Waals surface area contributed by atoms with E-state index < -0.39 is 16.6 Å². The first-order valence-electron chi connectivity index (χ1n) is 14.8. The van der Waals surface area contributed by atoms with Crippen molar-refractivity contribution in [2.75, 3.05) is 33.6 Å². The van der Waals surface area contributed by atoms with Crippen molar-refractivity contribution in [2.45, 2.75) is 26.1 Å². The van der Waals surface area contributed by atoms with Crippen molar-refractivity contribution in [3.8, 4) is 34.3 Å². The Morgan fingerprint density at radius 1 is 1.11 bits per heavy atom. The van der Waals surface area contributed by atoms with Gasteiger partial charge in [0.2, 0.25) is 12.5 Å². The second kappa shape index (κ2) is 13.4. The Labute approximate surface area is 274 Å². The van der Waals surface area contributed by atoms with Gasteiger partial charge in [0.25, 0.3) is 0 Å². The first-order valence-corrected chi connectivity index (χ1v) is 14.8. The van der Waals surface area contributed by atoms with Crippen LogP contribution in [0.1, 0.15) is 11.1 Å². The molecule has 0 spiro atoms. The number of benzene rings is 3. The van der Waals surface area contributed by atoms with Gasteiger partial charge in [-0.15, -0.1) is 0 Å². The van der Waals surface area contributed by atoms with Gasteiger partial charge in [0.15, 0.2) is 42.1 Å². The highest BCUT2D eigenvalue weighted by Gasteiger charge is 2.29. The highest BCUT2D eigenvalue weighted by molar-refractivity contribution is 5.91. The minimum Gasteiger partial charge on any atom is -1.00 e. The maximum absolute atomic E-state index is 14.6. The van der Waals surface area contributed by atoms with Crippen molar-refractivity contribution in [2.24, 2.45) is 0 Å². The van der Waals surface area contributed by atoms with Crippen LogP contribution in [0.15, 0.2) is 67.3 Å². The van der Waals surface area contributed by atoms with Gasteiger partial charge in [-0.25, -0.2) is 18.3 Å². The number of nitro groups is 1. The molecule has 0 aliphatic carbocycles. The fourth-order valence-corrected chi connectivity index (χ4v) is 6.03. The second-order valence-electron chi connectivity index (χ2n) is 11.1. The first kappa shape index (κ1) is 32.0. The third kappa shape index (κ3) is 6.36. The largest absolute Gasteiger partial charge is 1.00 e. The zero-order valence-corrected chi connectivity index (χ0v) is 26.1. The van der Waals surface area contributed by atoms with E-state index in [1.807, 2.05) is 23.1 Å². The fourth-order valence-electron chi connectivity index (χ4n) is 6.03. The molecule has 244 valence electrons. The summed E-state index contributed by atoms with van der Waals surface area (Å²) in [6, 6.07) is 13.5. The topological polar surface area (TPSA) is 105 Å². The number of rotatable bonds is 11. The Bertz CT molecular complexity index is 1970. The zero-order chi connectivity index (χ0) is 31.8. The molecule has 11 nitrogen and oxygen atoms in total. The summed E-state index contributed by atoms with van der Waals surface area (Å²) in [5.74, 6) is 1.18. The van der Waals surface area contributed by atoms with Crippen molar-refractivity contribution in [1.82, 2.24) is 14.5 Å². The van der Waals surface area contributed by atoms with Gasteiger partial charge >= 0.3 is 5.82 Å². The van der Waals surface area contributed by atoms with Crippen molar-refractivity contribution in [1.29, 1.82) is 0 Å².